The molecule has 25 heavy (non-hydrogen) atoms. The molecule has 0 saturated carbocycles. The molecule has 2 aromatic rings. The van der Waals surface area contributed by atoms with Crippen LogP contribution in [-0.4, -0.2) is 27.3 Å². The predicted octanol–water partition coefficient (Wildman–Crippen LogP) is 5.72. The first-order chi connectivity index (χ1) is 11.8. The number of aryl methyl sites for hydroxylation is 2. The van der Waals surface area contributed by atoms with Crippen molar-refractivity contribution in [2.45, 2.75) is 33.2 Å². The maximum atomic E-state index is 13.1. The van der Waals surface area contributed by atoms with E-state index in [2.05, 4.69) is 54.9 Å². The van der Waals surface area contributed by atoms with E-state index in [1.165, 1.54) is 0 Å². The van der Waals surface area contributed by atoms with Crippen molar-refractivity contribution in [1.82, 2.24) is 4.90 Å². The number of halogens is 1. The maximum absolute atomic E-state index is 13.1. The van der Waals surface area contributed by atoms with Crippen LogP contribution in [0, 0.1) is 13.8 Å². The van der Waals surface area contributed by atoms with Crippen LogP contribution in [0.1, 0.15) is 35.3 Å². The normalized spacial score (nSPS) is 18.0. The molecule has 1 aliphatic heterocycles. The van der Waals surface area contributed by atoms with Crippen molar-refractivity contribution >= 4 is 44.5 Å². The minimum Gasteiger partial charge on any atom is -0.281 e. The minimum absolute atomic E-state index is 0.00782. The quantitative estimate of drug-likeness (QED) is 0.626. The predicted molar refractivity (Wildman–Crippen MR) is 110 cm³/mol. The Morgan fingerprint density at radius 3 is 2.52 bits per heavy atom. The molecule has 0 aliphatic carbocycles. The molecule has 2 aromatic carbocycles. The minimum atomic E-state index is -0.272. The van der Waals surface area contributed by atoms with Crippen molar-refractivity contribution in [3.63, 3.8) is 0 Å². The third kappa shape index (κ3) is 3.82. The van der Waals surface area contributed by atoms with Crippen LogP contribution in [0.3, 0.4) is 0 Å². The number of carbonyl (C=O) groups excluding carboxylic acids is 1. The van der Waals surface area contributed by atoms with Gasteiger partial charge in [0.1, 0.15) is 0 Å². The average molecular weight is 417 g/mol. The highest BCUT2D eigenvalue weighted by molar-refractivity contribution is 9.10. The van der Waals surface area contributed by atoms with Gasteiger partial charge in [0.05, 0.1) is 11.2 Å². The first kappa shape index (κ1) is 18.2. The molecule has 1 heterocycles. The Kier molecular flexibility index (Phi) is 5.07. The third-order valence-corrected chi connectivity index (χ3v) is 6.14. The van der Waals surface area contributed by atoms with Gasteiger partial charge in [0.25, 0.3) is 5.91 Å². The van der Waals surface area contributed by atoms with Gasteiger partial charge >= 0.3 is 0 Å². The molecule has 0 atom stereocenters. The molecule has 0 N–H and O–H groups in total. The van der Waals surface area contributed by atoms with Crippen molar-refractivity contribution in [1.29, 1.82) is 0 Å². The molecule has 0 aromatic heterocycles. The highest BCUT2D eigenvalue weighted by atomic mass is 79.9. The van der Waals surface area contributed by atoms with E-state index in [1.54, 1.807) is 11.8 Å². The molecular weight excluding hydrogens is 396 g/mol. The fraction of sp³-hybridized carbons (Fsp3) is 0.300. The van der Waals surface area contributed by atoms with Crippen molar-refractivity contribution < 1.29 is 4.79 Å². The lowest BCUT2D eigenvalue weighted by atomic mass is 10.0. The van der Waals surface area contributed by atoms with E-state index in [9.17, 15) is 4.79 Å². The number of amidine groups is 1. The lowest BCUT2D eigenvalue weighted by molar-refractivity contribution is 0.0767. The molecule has 0 unspecified atom stereocenters. The molecule has 1 saturated heterocycles. The monoisotopic (exact) mass is 416 g/mol. The van der Waals surface area contributed by atoms with Gasteiger partial charge in [-0.1, -0.05) is 39.8 Å². The number of thioether (sulfide) groups is 1. The van der Waals surface area contributed by atoms with Gasteiger partial charge in [0, 0.05) is 15.8 Å². The van der Waals surface area contributed by atoms with Crippen LogP contribution in [-0.2, 0) is 0 Å². The molecule has 0 spiro atoms. The average Bonchev–Trinajstić information content (AvgIpc) is 2.85. The van der Waals surface area contributed by atoms with Crippen LogP contribution in [0.4, 0.5) is 5.69 Å². The first-order valence-corrected chi connectivity index (χ1v) is 9.95. The molecule has 1 amide bonds. The second kappa shape index (κ2) is 6.96. The summed E-state index contributed by atoms with van der Waals surface area (Å²) >= 11 is 5.06. The van der Waals surface area contributed by atoms with E-state index in [-0.39, 0.29) is 11.4 Å². The second-order valence-corrected chi connectivity index (χ2v) is 8.79. The van der Waals surface area contributed by atoms with E-state index in [4.69, 9.17) is 4.99 Å². The number of hydrogen-bond acceptors (Lipinski definition) is 3. The summed E-state index contributed by atoms with van der Waals surface area (Å²) in [7, 11) is 0. The van der Waals surface area contributed by atoms with Gasteiger partial charge in [-0.3, -0.25) is 9.69 Å². The van der Waals surface area contributed by atoms with Crippen LogP contribution in [0.15, 0.2) is 51.9 Å². The van der Waals surface area contributed by atoms with Gasteiger partial charge in [-0.25, -0.2) is 4.99 Å². The molecule has 0 bridgehead atoms. The summed E-state index contributed by atoms with van der Waals surface area (Å²) in [4.78, 5) is 19.8. The lowest BCUT2D eigenvalue weighted by Gasteiger charge is -2.30. The Hall–Kier alpha value is -1.59. The molecule has 3 nitrogen and oxygen atoms in total. The zero-order valence-corrected chi connectivity index (χ0v) is 17.2. The zero-order valence-electron chi connectivity index (χ0n) is 14.8. The summed E-state index contributed by atoms with van der Waals surface area (Å²) in [6.07, 6.45) is 0. The summed E-state index contributed by atoms with van der Waals surface area (Å²) in [5.74, 6) is 0.824. The number of amides is 1. The zero-order chi connectivity index (χ0) is 18.2. The Morgan fingerprint density at radius 1 is 1.16 bits per heavy atom. The lowest BCUT2D eigenvalue weighted by Crippen LogP contribution is -2.46. The van der Waals surface area contributed by atoms with E-state index in [1.807, 2.05) is 36.1 Å². The van der Waals surface area contributed by atoms with Crippen LogP contribution >= 0.6 is 27.7 Å². The number of carbonyl (C=O) groups is 1. The molecule has 0 radical (unpaired) electrons. The Balaban J connectivity index is 2.01. The van der Waals surface area contributed by atoms with Crippen LogP contribution in [0.25, 0.3) is 0 Å². The molecule has 3 rings (SSSR count). The smallest absolute Gasteiger partial charge is 0.260 e. The number of nitrogens with zero attached hydrogens (tertiary/aromatic N) is 2. The number of benzene rings is 2. The largest absolute Gasteiger partial charge is 0.281 e. The molecule has 130 valence electrons. The Bertz CT molecular complexity index is 843. The van der Waals surface area contributed by atoms with Crippen molar-refractivity contribution in [2.24, 2.45) is 4.99 Å². The summed E-state index contributed by atoms with van der Waals surface area (Å²) < 4.78 is 0.961. The topological polar surface area (TPSA) is 32.7 Å². The maximum Gasteiger partial charge on any atom is 0.260 e. The molecule has 1 aliphatic rings. The Labute approximate surface area is 161 Å². The highest BCUT2D eigenvalue weighted by Gasteiger charge is 2.41. The van der Waals surface area contributed by atoms with Gasteiger partial charge in [-0.15, -0.1) is 0 Å². The van der Waals surface area contributed by atoms with Crippen molar-refractivity contribution in [3.8, 4) is 0 Å². The standard InChI is InChI=1S/C20H21BrN2OS/c1-13-5-6-14(2)17(11-13)22-19-23(20(3,4)12-25-19)18(24)15-7-9-16(21)10-8-15/h5-11H,12H2,1-4H3. The second-order valence-electron chi connectivity index (χ2n) is 6.93. The summed E-state index contributed by atoms with van der Waals surface area (Å²) in [5, 5.41) is 0.770. The van der Waals surface area contributed by atoms with Gasteiger partial charge in [-0.2, -0.15) is 0 Å². The van der Waals surface area contributed by atoms with E-state index >= 15 is 0 Å². The number of rotatable bonds is 2. The molecule has 1 fully saturated rings. The van der Waals surface area contributed by atoms with Crippen molar-refractivity contribution in [2.75, 3.05) is 5.75 Å². The van der Waals surface area contributed by atoms with E-state index < -0.39 is 0 Å². The highest BCUT2D eigenvalue weighted by Crippen LogP contribution is 2.36. The van der Waals surface area contributed by atoms with Crippen LogP contribution in [0.5, 0.6) is 0 Å². The van der Waals surface area contributed by atoms with Crippen LogP contribution < -0.4 is 0 Å². The Morgan fingerprint density at radius 2 is 1.84 bits per heavy atom. The fourth-order valence-corrected chi connectivity index (χ4v) is 4.24. The fourth-order valence-electron chi connectivity index (χ4n) is 2.74. The third-order valence-electron chi connectivity index (χ3n) is 4.23. The SMILES string of the molecule is Cc1ccc(C)c(N=C2SCC(C)(C)N2C(=O)c2ccc(Br)cc2)c1. The molecular formula is C20H21BrN2OS. The van der Waals surface area contributed by atoms with Crippen molar-refractivity contribution in [3.05, 3.63) is 63.6 Å². The summed E-state index contributed by atoms with van der Waals surface area (Å²) in [6.45, 7) is 8.27. The van der Waals surface area contributed by atoms with Crippen LogP contribution in [0.2, 0.25) is 0 Å². The summed E-state index contributed by atoms with van der Waals surface area (Å²) in [6, 6.07) is 13.7. The molecule has 5 heteroatoms. The van der Waals surface area contributed by atoms with E-state index in [0.29, 0.717) is 5.56 Å². The number of aliphatic imine (C=N–C) groups is 1. The van der Waals surface area contributed by atoms with E-state index in [0.717, 1.165) is 32.2 Å². The van der Waals surface area contributed by atoms with Gasteiger partial charge < -0.3 is 0 Å². The van der Waals surface area contributed by atoms with Gasteiger partial charge in [0.15, 0.2) is 5.17 Å². The van der Waals surface area contributed by atoms with Gasteiger partial charge in [0.2, 0.25) is 0 Å². The summed E-state index contributed by atoms with van der Waals surface area (Å²) in [5.41, 5.74) is 3.60. The number of hydrogen-bond donors (Lipinski definition) is 0. The van der Waals surface area contributed by atoms with Gasteiger partial charge in [-0.05, 0) is 69.2 Å². The first-order valence-electron chi connectivity index (χ1n) is 8.17.